The van der Waals surface area contributed by atoms with Crippen molar-refractivity contribution in [1.82, 2.24) is 0 Å². The van der Waals surface area contributed by atoms with Crippen LogP contribution in [0.15, 0.2) is 24.3 Å². The minimum atomic E-state index is 0.524. The molecule has 2 aliphatic rings. The molecule has 2 fully saturated rings. The molecule has 1 saturated carbocycles. The molecular weight excluding hydrogens is 248 g/mol. The number of benzene rings is 1. The summed E-state index contributed by atoms with van der Waals surface area (Å²) < 4.78 is 5.71. The monoisotopic (exact) mass is 274 g/mol. The number of rotatable bonds is 7. The standard InChI is InChI=1S/C17H26N2O/c18-13-14-5-7-15(8-6-14)19(16-9-10-16)11-1-3-17-4-2-12-20-17/h5-8,16-17H,1-4,9-13,18H2. The van der Waals surface area contributed by atoms with Gasteiger partial charge in [0.2, 0.25) is 0 Å². The highest BCUT2D eigenvalue weighted by Crippen LogP contribution is 2.32. The lowest BCUT2D eigenvalue weighted by Crippen LogP contribution is -2.27. The summed E-state index contributed by atoms with van der Waals surface area (Å²) in [6.07, 6.45) is 8.17. The molecule has 20 heavy (non-hydrogen) atoms. The maximum absolute atomic E-state index is 5.71. The molecule has 1 unspecified atom stereocenters. The van der Waals surface area contributed by atoms with Crippen molar-refractivity contribution in [2.24, 2.45) is 5.73 Å². The zero-order valence-corrected chi connectivity index (χ0v) is 12.3. The Balaban J connectivity index is 1.54. The van der Waals surface area contributed by atoms with Crippen molar-refractivity contribution >= 4 is 5.69 Å². The largest absolute Gasteiger partial charge is 0.378 e. The van der Waals surface area contributed by atoms with Crippen LogP contribution in [0.25, 0.3) is 0 Å². The molecule has 0 aromatic heterocycles. The van der Waals surface area contributed by atoms with E-state index in [2.05, 4.69) is 29.2 Å². The average Bonchev–Trinajstić information content (AvgIpc) is 3.20. The maximum Gasteiger partial charge on any atom is 0.0576 e. The molecule has 3 nitrogen and oxygen atoms in total. The van der Waals surface area contributed by atoms with E-state index in [0.29, 0.717) is 12.6 Å². The van der Waals surface area contributed by atoms with Crippen LogP contribution in [0.5, 0.6) is 0 Å². The van der Waals surface area contributed by atoms with Gasteiger partial charge in [0.25, 0.3) is 0 Å². The van der Waals surface area contributed by atoms with Crippen molar-refractivity contribution in [2.75, 3.05) is 18.1 Å². The van der Waals surface area contributed by atoms with Gasteiger partial charge in [-0.05, 0) is 56.2 Å². The summed E-state index contributed by atoms with van der Waals surface area (Å²) in [6, 6.07) is 9.54. The average molecular weight is 274 g/mol. The molecule has 1 aliphatic heterocycles. The molecule has 110 valence electrons. The summed E-state index contributed by atoms with van der Waals surface area (Å²) in [5.74, 6) is 0. The summed E-state index contributed by atoms with van der Waals surface area (Å²) in [5.41, 5.74) is 8.24. The Labute approximate surface area is 122 Å². The van der Waals surface area contributed by atoms with E-state index in [1.54, 1.807) is 0 Å². The van der Waals surface area contributed by atoms with E-state index in [1.165, 1.54) is 49.8 Å². The van der Waals surface area contributed by atoms with E-state index in [4.69, 9.17) is 10.5 Å². The highest BCUT2D eigenvalue weighted by atomic mass is 16.5. The van der Waals surface area contributed by atoms with Gasteiger partial charge in [-0.3, -0.25) is 0 Å². The highest BCUT2D eigenvalue weighted by Gasteiger charge is 2.29. The molecule has 3 heteroatoms. The smallest absolute Gasteiger partial charge is 0.0576 e. The molecule has 0 spiro atoms. The maximum atomic E-state index is 5.71. The highest BCUT2D eigenvalue weighted by molar-refractivity contribution is 5.49. The Morgan fingerprint density at radius 1 is 1.15 bits per heavy atom. The van der Waals surface area contributed by atoms with E-state index in [9.17, 15) is 0 Å². The first-order chi connectivity index (χ1) is 9.86. The van der Waals surface area contributed by atoms with Crippen LogP contribution in [0.2, 0.25) is 0 Å². The van der Waals surface area contributed by atoms with Gasteiger partial charge in [-0.15, -0.1) is 0 Å². The van der Waals surface area contributed by atoms with Crippen molar-refractivity contribution in [2.45, 2.75) is 57.2 Å². The van der Waals surface area contributed by atoms with Gasteiger partial charge in [0.15, 0.2) is 0 Å². The third kappa shape index (κ3) is 3.53. The van der Waals surface area contributed by atoms with Gasteiger partial charge in [0.05, 0.1) is 6.10 Å². The summed E-state index contributed by atoms with van der Waals surface area (Å²) in [7, 11) is 0. The fraction of sp³-hybridized carbons (Fsp3) is 0.647. The molecule has 1 aliphatic carbocycles. The van der Waals surface area contributed by atoms with Gasteiger partial charge in [-0.2, -0.15) is 0 Å². The zero-order valence-electron chi connectivity index (χ0n) is 12.3. The summed E-state index contributed by atoms with van der Waals surface area (Å²) in [4.78, 5) is 2.58. The first kappa shape index (κ1) is 13.9. The normalized spacial score (nSPS) is 22.1. The van der Waals surface area contributed by atoms with Gasteiger partial charge in [-0.1, -0.05) is 12.1 Å². The number of nitrogens with two attached hydrogens (primary N) is 1. The third-order valence-corrected chi connectivity index (χ3v) is 4.44. The molecule has 1 aromatic rings. The second kappa shape index (κ2) is 6.59. The lowest BCUT2D eigenvalue weighted by atomic mass is 10.1. The van der Waals surface area contributed by atoms with Crippen LogP contribution < -0.4 is 10.6 Å². The molecule has 1 atom stereocenters. The second-order valence-corrected chi connectivity index (χ2v) is 6.07. The van der Waals surface area contributed by atoms with Gasteiger partial charge in [-0.25, -0.2) is 0 Å². The van der Waals surface area contributed by atoms with Gasteiger partial charge < -0.3 is 15.4 Å². The Bertz CT molecular complexity index is 408. The number of nitrogens with zero attached hydrogens (tertiary/aromatic N) is 1. The van der Waals surface area contributed by atoms with Crippen LogP contribution in [0.1, 0.15) is 44.1 Å². The van der Waals surface area contributed by atoms with Crippen LogP contribution in [-0.4, -0.2) is 25.3 Å². The van der Waals surface area contributed by atoms with Crippen molar-refractivity contribution < 1.29 is 4.74 Å². The van der Waals surface area contributed by atoms with Crippen LogP contribution in [0, 0.1) is 0 Å². The number of hydrogen-bond acceptors (Lipinski definition) is 3. The van der Waals surface area contributed by atoms with E-state index < -0.39 is 0 Å². The topological polar surface area (TPSA) is 38.5 Å². The zero-order chi connectivity index (χ0) is 13.8. The van der Waals surface area contributed by atoms with Crippen LogP contribution in [-0.2, 0) is 11.3 Å². The van der Waals surface area contributed by atoms with Crippen LogP contribution in [0.4, 0.5) is 5.69 Å². The molecule has 0 amide bonds. The molecular formula is C17H26N2O. The van der Waals surface area contributed by atoms with Crippen molar-refractivity contribution in [3.05, 3.63) is 29.8 Å². The fourth-order valence-electron chi connectivity index (χ4n) is 3.09. The summed E-state index contributed by atoms with van der Waals surface area (Å²) in [6.45, 7) is 2.76. The fourth-order valence-corrected chi connectivity index (χ4v) is 3.09. The molecule has 1 heterocycles. The van der Waals surface area contributed by atoms with E-state index in [0.717, 1.165) is 19.2 Å². The molecule has 0 bridgehead atoms. The Kier molecular flexibility index (Phi) is 4.58. The van der Waals surface area contributed by atoms with E-state index >= 15 is 0 Å². The molecule has 3 rings (SSSR count). The number of hydrogen-bond donors (Lipinski definition) is 1. The Morgan fingerprint density at radius 3 is 2.55 bits per heavy atom. The predicted molar refractivity (Wildman–Crippen MR) is 82.9 cm³/mol. The quantitative estimate of drug-likeness (QED) is 0.830. The minimum Gasteiger partial charge on any atom is -0.378 e. The van der Waals surface area contributed by atoms with E-state index in [-0.39, 0.29) is 0 Å². The second-order valence-electron chi connectivity index (χ2n) is 6.07. The number of ether oxygens (including phenoxy) is 1. The first-order valence-electron chi connectivity index (χ1n) is 8.04. The summed E-state index contributed by atoms with van der Waals surface area (Å²) in [5, 5.41) is 0. The Morgan fingerprint density at radius 2 is 1.95 bits per heavy atom. The first-order valence-corrected chi connectivity index (χ1v) is 8.04. The van der Waals surface area contributed by atoms with Crippen LogP contribution >= 0.6 is 0 Å². The number of anilines is 1. The molecule has 1 aromatic carbocycles. The minimum absolute atomic E-state index is 0.524. The van der Waals surface area contributed by atoms with Gasteiger partial charge in [0.1, 0.15) is 0 Å². The van der Waals surface area contributed by atoms with E-state index in [1.807, 2.05) is 0 Å². The third-order valence-electron chi connectivity index (χ3n) is 4.44. The lowest BCUT2D eigenvalue weighted by Gasteiger charge is -2.25. The predicted octanol–water partition coefficient (Wildman–Crippen LogP) is 3.07. The molecule has 0 radical (unpaired) electrons. The SMILES string of the molecule is NCc1ccc(N(CCCC2CCCO2)C2CC2)cc1. The molecule has 1 saturated heterocycles. The van der Waals surface area contributed by atoms with Crippen molar-refractivity contribution in [3.63, 3.8) is 0 Å². The van der Waals surface area contributed by atoms with Crippen molar-refractivity contribution in [1.29, 1.82) is 0 Å². The lowest BCUT2D eigenvalue weighted by molar-refractivity contribution is 0.103. The molecule has 2 N–H and O–H groups in total. The van der Waals surface area contributed by atoms with Gasteiger partial charge >= 0.3 is 0 Å². The van der Waals surface area contributed by atoms with Gasteiger partial charge in [0, 0.05) is 31.4 Å². The van der Waals surface area contributed by atoms with Crippen LogP contribution in [0.3, 0.4) is 0 Å². The summed E-state index contributed by atoms with van der Waals surface area (Å²) >= 11 is 0. The Hall–Kier alpha value is -1.06. The van der Waals surface area contributed by atoms with Crippen molar-refractivity contribution in [3.8, 4) is 0 Å².